The van der Waals surface area contributed by atoms with Crippen molar-refractivity contribution in [3.8, 4) is 0 Å². The number of allylic oxidation sites excluding steroid dienone is 1. The Bertz CT molecular complexity index is 729. The first-order chi connectivity index (χ1) is 10.2. The maximum atomic E-state index is 14.1. The van der Waals surface area contributed by atoms with Crippen molar-refractivity contribution >= 4 is 0 Å². The second-order valence-corrected chi connectivity index (χ2v) is 4.39. The predicted molar refractivity (Wildman–Crippen MR) is 48.3 cm³/mol. The molecule has 0 saturated carbocycles. The first-order valence-electron chi connectivity index (χ1n) is 5.27. The van der Waals surface area contributed by atoms with Crippen LogP contribution in [-0.2, 0) is 11.6 Å². The van der Waals surface area contributed by atoms with Gasteiger partial charge in [0.2, 0.25) is 5.83 Å². The summed E-state index contributed by atoms with van der Waals surface area (Å²) in [6.45, 7) is 0. The van der Waals surface area contributed by atoms with Gasteiger partial charge in [0.1, 0.15) is 0 Å². The monoisotopic (exact) mass is 360 g/mol. The maximum Gasteiger partial charge on any atom is 0.358 e. The van der Waals surface area contributed by atoms with E-state index in [4.69, 9.17) is 0 Å². The van der Waals surface area contributed by atoms with Crippen molar-refractivity contribution in [2.45, 2.75) is 17.5 Å². The van der Waals surface area contributed by atoms with Crippen LogP contribution < -0.4 is 0 Å². The highest BCUT2D eigenvalue weighted by Crippen LogP contribution is 2.66. The molecule has 0 aromatic heterocycles. The van der Waals surface area contributed by atoms with Gasteiger partial charge in [0.05, 0.1) is 11.1 Å². The van der Waals surface area contributed by atoms with Crippen molar-refractivity contribution in [1.82, 2.24) is 0 Å². The van der Waals surface area contributed by atoms with Crippen LogP contribution in [0.5, 0.6) is 0 Å². The molecule has 1 unspecified atom stereocenters. The highest BCUT2D eigenvalue weighted by Gasteiger charge is 2.82. The summed E-state index contributed by atoms with van der Waals surface area (Å²) in [4.78, 5) is 0. The highest BCUT2D eigenvalue weighted by atomic mass is 19.3. The van der Waals surface area contributed by atoms with Gasteiger partial charge in [0.15, 0.2) is 23.3 Å². The minimum absolute atomic E-state index is 3.02. The summed E-state index contributed by atoms with van der Waals surface area (Å²) < 4.78 is 158. The molecule has 128 valence electrons. The summed E-state index contributed by atoms with van der Waals surface area (Å²) in [5.74, 6) is -29.0. The topological polar surface area (TPSA) is 0 Å². The minimum Gasteiger partial charge on any atom is -0.223 e. The van der Waals surface area contributed by atoms with Gasteiger partial charge in [-0.1, -0.05) is 0 Å². The zero-order valence-electron chi connectivity index (χ0n) is 10.0. The first-order valence-corrected chi connectivity index (χ1v) is 5.27. The fraction of sp³-hybridized carbons (Fsp3) is 0.273. The van der Waals surface area contributed by atoms with Crippen LogP contribution in [0.15, 0.2) is 11.9 Å². The molecule has 1 aromatic carbocycles. The molecule has 0 nitrogen and oxygen atoms in total. The Morgan fingerprint density at radius 3 is 1.39 bits per heavy atom. The number of hydrogen-bond donors (Lipinski definition) is 0. The van der Waals surface area contributed by atoms with Crippen molar-refractivity contribution in [2.24, 2.45) is 0 Å². The van der Waals surface area contributed by atoms with Crippen LogP contribution in [-0.4, -0.2) is 5.92 Å². The number of halogens is 12. The zero-order valence-corrected chi connectivity index (χ0v) is 10.0. The predicted octanol–water partition coefficient (Wildman–Crippen LogP) is 5.23. The molecule has 1 aliphatic carbocycles. The van der Waals surface area contributed by atoms with E-state index in [0.29, 0.717) is 0 Å². The molecule has 0 heterocycles. The second kappa shape index (κ2) is 4.57. The van der Waals surface area contributed by atoms with Crippen molar-refractivity contribution < 1.29 is 52.7 Å². The third-order valence-electron chi connectivity index (χ3n) is 3.22. The molecule has 0 amide bonds. The smallest absolute Gasteiger partial charge is 0.223 e. The first kappa shape index (κ1) is 17.5. The van der Waals surface area contributed by atoms with E-state index >= 15 is 0 Å². The van der Waals surface area contributed by atoms with Crippen LogP contribution in [0.2, 0.25) is 0 Å². The van der Waals surface area contributed by atoms with E-state index in [9.17, 15) is 52.7 Å². The van der Waals surface area contributed by atoms with E-state index in [2.05, 4.69) is 0 Å². The van der Waals surface area contributed by atoms with Gasteiger partial charge < -0.3 is 0 Å². The summed E-state index contributed by atoms with van der Waals surface area (Å²) in [6.07, 6.45) is -3.90. The van der Waals surface area contributed by atoms with Crippen molar-refractivity contribution in [3.63, 3.8) is 0 Å². The third kappa shape index (κ3) is 1.71. The molecule has 0 fully saturated rings. The number of hydrogen-bond acceptors (Lipinski definition) is 0. The fourth-order valence-corrected chi connectivity index (χ4v) is 2.16. The molecular formula is C11F12. The van der Waals surface area contributed by atoms with Gasteiger partial charge in [-0.15, -0.1) is 0 Å². The number of rotatable bonds is 1. The molecule has 12 heteroatoms. The largest absolute Gasteiger partial charge is 0.358 e. The quantitative estimate of drug-likeness (QED) is 0.366. The Labute approximate surface area is 118 Å². The van der Waals surface area contributed by atoms with Gasteiger partial charge in [-0.3, -0.25) is 0 Å². The molecule has 1 aromatic rings. The van der Waals surface area contributed by atoms with Gasteiger partial charge in [-0.2, -0.15) is 26.3 Å². The van der Waals surface area contributed by atoms with Crippen molar-refractivity contribution in [2.75, 3.05) is 0 Å². The fourth-order valence-electron chi connectivity index (χ4n) is 2.16. The van der Waals surface area contributed by atoms with E-state index in [1.54, 1.807) is 0 Å². The van der Waals surface area contributed by atoms with Crippen LogP contribution >= 0.6 is 0 Å². The molecule has 0 bridgehead atoms. The van der Waals surface area contributed by atoms with E-state index < -0.39 is 63.8 Å². The van der Waals surface area contributed by atoms with E-state index in [0.717, 1.165) is 0 Å². The summed E-state index contributed by atoms with van der Waals surface area (Å²) in [5.41, 5.74) is -12.1. The lowest BCUT2D eigenvalue weighted by atomic mass is 9.93. The lowest BCUT2D eigenvalue weighted by Crippen LogP contribution is -2.47. The number of alkyl halides is 5. The van der Waals surface area contributed by atoms with Crippen molar-refractivity contribution in [3.05, 3.63) is 46.3 Å². The maximum absolute atomic E-state index is 14.1. The second-order valence-electron chi connectivity index (χ2n) is 4.39. The number of fused-ring (bicyclic) bond motifs is 1. The summed E-state index contributed by atoms with van der Waals surface area (Å²) in [5, 5.41) is 0. The molecule has 0 N–H and O–H groups in total. The molecule has 0 aliphatic heterocycles. The molecule has 1 atom stereocenters. The highest BCUT2D eigenvalue weighted by molar-refractivity contribution is 5.52. The summed E-state index contributed by atoms with van der Waals surface area (Å²) in [7, 11) is 0. The molecule has 1 aliphatic rings. The molecule has 23 heavy (non-hydrogen) atoms. The Morgan fingerprint density at radius 2 is 1.00 bits per heavy atom. The standard InChI is InChI=1S/C11F12/c12-3-1-2(4(13)6(15)5(3)14)10(20,21)11(22,23)9(1,19)7(16)8(17)18. The van der Waals surface area contributed by atoms with Gasteiger partial charge in [0.25, 0.3) is 5.67 Å². The lowest BCUT2D eigenvalue weighted by molar-refractivity contribution is -0.260. The SMILES string of the molecule is FC(F)=C(F)C1(F)c2c(F)c(F)c(F)c(F)c2C(F)(F)C1(F)F. The van der Waals surface area contributed by atoms with E-state index in [-0.39, 0.29) is 0 Å². The molecule has 0 radical (unpaired) electrons. The third-order valence-corrected chi connectivity index (χ3v) is 3.22. The van der Waals surface area contributed by atoms with Crippen LogP contribution in [0.4, 0.5) is 52.7 Å². The Balaban J connectivity index is 3.12. The van der Waals surface area contributed by atoms with Gasteiger partial charge in [0, 0.05) is 0 Å². The van der Waals surface area contributed by atoms with Crippen LogP contribution in [0.25, 0.3) is 0 Å². The minimum atomic E-state index is -6.50. The van der Waals surface area contributed by atoms with E-state index in [1.165, 1.54) is 0 Å². The van der Waals surface area contributed by atoms with Crippen molar-refractivity contribution in [1.29, 1.82) is 0 Å². The van der Waals surface area contributed by atoms with Crippen LogP contribution in [0, 0.1) is 23.3 Å². The Kier molecular flexibility index (Phi) is 3.47. The van der Waals surface area contributed by atoms with Gasteiger partial charge in [-0.05, 0) is 0 Å². The molecule has 0 saturated heterocycles. The molecular weight excluding hydrogens is 360 g/mol. The summed E-state index contributed by atoms with van der Waals surface area (Å²) >= 11 is 0. The van der Waals surface area contributed by atoms with E-state index in [1.807, 2.05) is 0 Å². The average Bonchev–Trinajstić information content (AvgIpc) is 2.57. The normalized spacial score (nSPS) is 24.5. The number of benzene rings is 1. The van der Waals surface area contributed by atoms with Crippen LogP contribution in [0.3, 0.4) is 0 Å². The average molecular weight is 360 g/mol. The van der Waals surface area contributed by atoms with Gasteiger partial charge in [-0.25, -0.2) is 26.3 Å². The summed E-state index contributed by atoms with van der Waals surface area (Å²) in [6, 6.07) is 0. The lowest BCUT2D eigenvalue weighted by Gasteiger charge is -2.28. The van der Waals surface area contributed by atoms with Gasteiger partial charge >= 0.3 is 17.9 Å². The van der Waals surface area contributed by atoms with Crippen LogP contribution in [0.1, 0.15) is 11.1 Å². The Hall–Kier alpha value is -1.88. The Morgan fingerprint density at radius 1 is 0.609 bits per heavy atom. The molecule has 0 spiro atoms. The zero-order chi connectivity index (χ0) is 18.1. The molecule has 2 rings (SSSR count).